The summed E-state index contributed by atoms with van der Waals surface area (Å²) < 4.78 is 39.2. The lowest BCUT2D eigenvalue weighted by molar-refractivity contribution is -0.141. The zero-order valence-corrected chi connectivity index (χ0v) is 13.5. The molecule has 0 aliphatic heterocycles. The standard InChI is InChI=1S/C17H23F3N2/c1-11(10-21-16(2,3)4)15-13-8-6-5-7-12(13)9-14(22-15)17(18,19)20/h6,8-9,11,21H,5,7,10H2,1-4H3. The highest BCUT2D eigenvalue weighted by Gasteiger charge is 2.34. The molecule has 2 rings (SSSR count). The average Bonchev–Trinajstić information content (AvgIpc) is 2.41. The molecule has 1 aromatic rings. The van der Waals surface area contributed by atoms with Crippen LogP contribution in [0.2, 0.25) is 0 Å². The summed E-state index contributed by atoms with van der Waals surface area (Å²) >= 11 is 0. The van der Waals surface area contributed by atoms with Gasteiger partial charge in [-0.15, -0.1) is 0 Å². The molecule has 1 heterocycles. The minimum Gasteiger partial charge on any atom is -0.311 e. The van der Waals surface area contributed by atoms with Crippen molar-refractivity contribution in [2.75, 3.05) is 6.54 Å². The Labute approximate surface area is 129 Å². The van der Waals surface area contributed by atoms with E-state index in [0.717, 1.165) is 17.5 Å². The van der Waals surface area contributed by atoms with Crippen LogP contribution in [0, 0.1) is 0 Å². The van der Waals surface area contributed by atoms with Crippen LogP contribution in [0.4, 0.5) is 13.2 Å². The third kappa shape index (κ3) is 4.09. The van der Waals surface area contributed by atoms with E-state index in [1.54, 1.807) is 0 Å². The van der Waals surface area contributed by atoms with Gasteiger partial charge in [-0.25, -0.2) is 4.98 Å². The number of allylic oxidation sites excluding steroid dienone is 1. The summed E-state index contributed by atoms with van der Waals surface area (Å²) in [4.78, 5) is 3.94. The largest absolute Gasteiger partial charge is 0.433 e. The van der Waals surface area contributed by atoms with Crippen LogP contribution in [-0.4, -0.2) is 17.1 Å². The van der Waals surface area contributed by atoms with Crippen molar-refractivity contribution in [3.8, 4) is 0 Å². The third-order valence-corrected chi connectivity index (χ3v) is 3.73. The normalized spacial score (nSPS) is 16.5. The molecule has 0 spiro atoms. The lowest BCUT2D eigenvalue weighted by Gasteiger charge is -2.25. The number of aryl methyl sites for hydroxylation is 1. The van der Waals surface area contributed by atoms with E-state index < -0.39 is 11.9 Å². The Hall–Kier alpha value is -1.36. The summed E-state index contributed by atoms with van der Waals surface area (Å²) in [5, 5.41) is 3.34. The highest BCUT2D eigenvalue weighted by Crippen LogP contribution is 2.34. The zero-order chi connectivity index (χ0) is 16.5. The molecule has 22 heavy (non-hydrogen) atoms. The van der Waals surface area contributed by atoms with Crippen LogP contribution in [-0.2, 0) is 12.6 Å². The zero-order valence-electron chi connectivity index (χ0n) is 13.5. The van der Waals surface area contributed by atoms with Gasteiger partial charge < -0.3 is 5.32 Å². The first-order chi connectivity index (χ1) is 10.1. The van der Waals surface area contributed by atoms with Crippen molar-refractivity contribution in [1.29, 1.82) is 0 Å². The minimum absolute atomic E-state index is 0.0776. The van der Waals surface area contributed by atoms with Gasteiger partial charge in [-0.05, 0) is 50.8 Å². The number of halogens is 3. The van der Waals surface area contributed by atoms with Crippen LogP contribution in [0.15, 0.2) is 12.1 Å². The smallest absolute Gasteiger partial charge is 0.311 e. The molecular formula is C17H23F3N2. The summed E-state index contributed by atoms with van der Waals surface area (Å²) in [6.45, 7) is 8.63. The monoisotopic (exact) mass is 312 g/mol. The molecule has 1 unspecified atom stereocenters. The van der Waals surface area contributed by atoms with Crippen molar-refractivity contribution in [1.82, 2.24) is 10.3 Å². The van der Waals surface area contributed by atoms with Gasteiger partial charge >= 0.3 is 6.18 Å². The molecule has 5 heteroatoms. The first-order valence-electron chi connectivity index (χ1n) is 7.60. The fourth-order valence-electron chi connectivity index (χ4n) is 2.55. The molecule has 0 saturated heterocycles. The van der Waals surface area contributed by atoms with Crippen molar-refractivity contribution >= 4 is 6.08 Å². The Kier molecular flexibility index (Phi) is 4.66. The summed E-state index contributed by atoms with van der Waals surface area (Å²) in [5.74, 6) is -0.0852. The number of hydrogen-bond acceptors (Lipinski definition) is 2. The van der Waals surface area contributed by atoms with Gasteiger partial charge in [-0.1, -0.05) is 19.1 Å². The van der Waals surface area contributed by atoms with Gasteiger partial charge in [-0.2, -0.15) is 13.2 Å². The van der Waals surface area contributed by atoms with Crippen molar-refractivity contribution in [2.45, 2.75) is 58.2 Å². The Morgan fingerprint density at radius 3 is 2.55 bits per heavy atom. The van der Waals surface area contributed by atoms with E-state index >= 15 is 0 Å². The van der Waals surface area contributed by atoms with E-state index in [0.29, 0.717) is 18.7 Å². The molecular weight excluding hydrogens is 289 g/mol. The third-order valence-electron chi connectivity index (χ3n) is 3.73. The SMILES string of the molecule is CC(CNC(C)(C)C)c1nc(C(F)(F)F)cc2c1C=CCC2. The number of nitrogens with one attached hydrogen (secondary N) is 1. The predicted octanol–water partition coefficient (Wildman–Crippen LogP) is 4.55. The van der Waals surface area contributed by atoms with Crippen molar-refractivity contribution in [3.05, 3.63) is 34.7 Å². The van der Waals surface area contributed by atoms with Gasteiger partial charge in [0.15, 0.2) is 0 Å². The van der Waals surface area contributed by atoms with Crippen LogP contribution in [0.1, 0.15) is 62.5 Å². The molecule has 1 aliphatic carbocycles. The maximum Gasteiger partial charge on any atom is 0.433 e. The maximum atomic E-state index is 13.1. The Morgan fingerprint density at radius 1 is 1.27 bits per heavy atom. The summed E-state index contributed by atoms with van der Waals surface area (Å²) in [6, 6.07) is 1.20. The molecule has 122 valence electrons. The van der Waals surface area contributed by atoms with Crippen LogP contribution >= 0.6 is 0 Å². The minimum atomic E-state index is -4.40. The van der Waals surface area contributed by atoms with Gasteiger partial charge in [0.1, 0.15) is 5.69 Å². The number of aromatic nitrogens is 1. The van der Waals surface area contributed by atoms with E-state index in [2.05, 4.69) is 10.3 Å². The van der Waals surface area contributed by atoms with Gasteiger partial charge in [0, 0.05) is 18.0 Å². The Morgan fingerprint density at radius 2 is 1.95 bits per heavy atom. The van der Waals surface area contributed by atoms with Gasteiger partial charge in [0.2, 0.25) is 0 Å². The van der Waals surface area contributed by atoms with Crippen molar-refractivity contribution in [2.24, 2.45) is 0 Å². The summed E-state index contributed by atoms with van der Waals surface area (Å²) in [5.41, 5.74) is 1.30. The fraction of sp³-hybridized carbons (Fsp3) is 0.588. The average molecular weight is 312 g/mol. The molecule has 2 nitrogen and oxygen atoms in total. The molecule has 1 atom stereocenters. The second-order valence-electron chi connectivity index (χ2n) is 6.94. The number of fused-ring (bicyclic) bond motifs is 1. The van der Waals surface area contributed by atoms with Crippen LogP contribution in [0.3, 0.4) is 0 Å². The highest BCUT2D eigenvalue weighted by atomic mass is 19.4. The fourth-order valence-corrected chi connectivity index (χ4v) is 2.55. The van der Waals surface area contributed by atoms with Crippen molar-refractivity contribution < 1.29 is 13.2 Å². The second kappa shape index (κ2) is 6.03. The van der Waals surface area contributed by atoms with Crippen LogP contribution < -0.4 is 5.32 Å². The number of rotatable bonds is 3. The second-order valence-corrected chi connectivity index (χ2v) is 6.94. The van der Waals surface area contributed by atoms with Gasteiger partial charge in [0.25, 0.3) is 0 Å². The number of pyridine rings is 1. The highest BCUT2D eigenvalue weighted by molar-refractivity contribution is 5.60. The molecule has 0 bridgehead atoms. The molecule has 0 amide bonds. The molecule has 0 aromatic carbocycles. The van der Waals surface area contributed by atoms with E-state index in [1.165, 1.54) is 6.07 Å². The topological polar surface area (TPSA) is 24.9 Å². The maximum absolute atomic E-state index is 13.1. The van der Waals surface area contributed by atoms with E-state index in [-0.39, 0.29) is 11.5 Å². The van der Waals surface area contributed by atoms with Crippen LogP contribution in [0.25, 0.3) is 6.08 Å². The molecule has 0 fully saturated rings. The number of alkyl halides is 3. The first-order valence-corrected chi connectivity index (χ1v) is 7.60. The number of hydrogen-bond donors (Lipinski definition) is 1. The predicted molar refractivity (Wildman–Crippen MR) is 82.8 cm³/mol. The van der Waals surface area contributed by atoms with Gasteiger partial charge in [-0.3, -0.25) is 0 Å². The quantitative estimate of drug-likeness (QED) is 0.885. The van der Waals surface area contributed by atoms with E-state index in [1.807, 2.05) is 39.8 Å². The van der Waals surface area contributed by atoms with Crippen LogP contribution in [0.5, 0.6) is 0 Å². The Balaban J connectivity index is 2.38. The lowest BCUT2D eigenvalue weighted by Crippen LogP contribution is -2.38. The van der Waals surface area contributed by atoms with E-state index in [4.69, 9.17) is 0 Å². The number of nitrogens with zero attached hydrogens (tertiary/aromatic N) is 1. The van der Waals surface area contributed by atoms with Gasteiger partial charge in [0.05, 0.1) is 5.69 Å². The molecule has 1 aromatic heterocycles. The molecule has 1 N–H and O–H groups in total. The summed E-state index contributed by atoms with van der Waals surface area (Å²) in [7, 11) is 0. The summed E-state index contributed by atoms with van der Waals surface area (Å²) in [6.07, 6.45) is 0.938. The molecule has 0 radical (unpaired) electrons. The lowest BCUT2D eigenvalue weighted by atomic mass is 9.90. The molecule has 1 aliphatic rings. The first kappa shape index (κ1) is 17.0. The Bertz CT molecular complexity index is 568. The van der Waals surface area contributed by atoms with E-state index in [9.17, 15) is 13.2 Å². The van der Waals surface area contributed by atoms with Crippen molar-refractivity contribution in [3.63, 3.8) is 0 Å². The molecule has 0 saturated carbocycles.